The average Bonchev–Trinajstić information content (AvgIpc) is 2.88. The van der Waals surface area contributed by atoms with E-state index in [1.807, 2.05) is 66.7 Å². The molecule has 1 atom stereocenters. The summed E-state index contributed by atoms with van der Waals surface area (Å²) in [6.45, 7) is 0.541. The number of aliphatic hydroxyl groups is 2. The largest absolute Gasteiger partial charge is 0.489 e. The van der Waals surface area contributed by atoms with Crippen molar-refractivity contribution < 1.29 is 19.7 Å². The van der Waals surface area contributed by atoms with Crippen molar-refractivity contribution >= 4 is 0 Å². The lowest BCUT2D eigenvalue weighted by Gasteiger charge is -2.23. The van der Waals surface area contributed by atoms with E-state index in [2.05, 4.69) is 0 Å². The maximum Gasteiger partial charge on any atom is 0.223 e. The summed E-state index contributed by atoms with van der Waals surface area (Å²) in [6, 6.07) is 27.8. The van der Waals surface area contributed by atoms with Crippen LogP contribution >= 0.6 is 0 Å². The molecule has 174 valence electrons. The van der Waals surface area contributed by atoms with E-state index in [4.69, 9.17) is 9.47 Å². The molecule has 0 fully saturated rings. The van der Waals surface area contributed by atoms with Gasteiger partial charge >= 0.3 is 0 Å². The van der Waals surface area contributed by atoms with Gasteiger partial charge in [0, 0.05) is 24.4 Å². The monoisotopic (exact) mass is 457 g/mol. The minimum atomic E-state index is -1.21. The molecule has 0 spiro atoms. The number of ether oxygens (including phenoxy) is 2. The van der Waals surface area contributed by atoms with Crippen molar-refractivity contribution in [2.24, 2.45) is 0 Å². The van der Waals surface area contributed by atoms with Crippen LogP contribution in [0.5, 0.6) is 11.5 Å². The normalized spacial score (nSPS) is 11.7. The Morgan fingerprint density at radius 1 is 0.765 bits per heavy atom. The van der Waals surface area contributed by atoms with E-state index >= 15 is 0 Å². The van der Waals surface area contributed by atoms with Gasteiger partial charge in [0.05, 0.1) is 12.3 Å². The minimum Gasteiger partial charge on any atom is -0.489 e. The van der Waals surface area contributed by atoms with E-state index in [9.17, 15) is 15.0 Å². The molecule has 4 aromatic rings. The van der Waals surface area contributed by atoms with Crippen LogP contribution in [0.1, 0.15) is 28.5 Å². The van der Waals surface area contributed by atoms with Gasteiger partial charge in [-0.3, -0.25) is 4.79 Å². The molecule has 0 bridgehead atoms. The quantitative estimate of drug-likeness (QED) is 0.375. The second-order valence-corrected chi connectivity index (χ2v) is 7.80. The molecule has 1 aromatic heterocycles. The van der Waals surface area contributed by atoms with Crippen molar-refractivity contribution in [3.05, 3.63) is 130 Å². The Labute approximate surface area is 198 Å². The molecule has 0 saturated carbocycles. The molecular formula is C28H27NO5. The molecule has 0 radical (unpaired) electrons. The summed E-state index contributed by atoms with van der Waals surface area (Å²) in [5.41, 5.74) is 2.32. The Hall–Kier alpha value is -3.87. The van der Waals surface area contributed by atoms with Crippen LogP contribution in [-0.4, -0.2) is 21.4 Å². The molecule has 0 aliphatic rings. The maximum atomic E-state index is 12.8. The second kappa shape index (κ2) is 11.3. The molecule has 6 heteroatoms. The summed E-state index contributed by atoms with van der Waals surface area (Å²) in [7, 11) is 0. The highest BCUT2D eigenvalue weighted by Gasteiger charge is 2.24. The second-order valence-electron chi connectivity index (χ2n) is 7.80. The summed E-state index contributed by atoms with van der Waals surface area (Å²) >= 11 is 0. The number of aromatic nitrogens is 1. The van der Waals surface area contributed by atoms with Crippen LogP contribution in [0.3, 0.4) is 0 Å². The van der Waals surface area contributed by atoms with Gasteiger partial charge in [0.25, 0.3) is 0 Å². The highest BCUT2D eigenvalue weighted by Crippen LogP contribution is 2.34. The lowest BCUT2D eigenvalue weighted by Crippen LogP contribution is -2.21. The summed E-state index contributed by atoms with van der Waals surface area (Å²) in [4.78, 5) is 12.8. The van der Waals surface area contributed by atoms with Crippen LogP contribution in [0.25, 0.3) is 0 Å². The van der Waals surface area contributed by atoms with Gasteiger partial charge < -0.3 is 24.3 Å². The summed E-state index contributed by atoms with van der Waals surface area (Å²) in [5.74, 6) is 0.546. The van der Waals surface area contributed by atoms with Crippen molar-refractivity contribution in [2.45, 2.75) is 25.9 Å². The number of para-hydroxylation sites is 1. The zero-order chi connectivity index (χ0) is 23.8. The number of hydrogen-bond donors (Lipinski definition) is 2. The molecule has 6 nitrogen and oxygen atoms in total. The Bertz CT molecular complexity index is 1250. The lowest BCUT2D eigenvalue weighted by molar-refractivity contribution is 0.183. The molecule has 4 rings (SSSR count). The first-order valence-corrected chi connectivity index (χ1v) is 11.1. The Morgan fingerprint density at radius 3 is 2.00 bits per heavy atom. The lowest BCUT2D eigenvalue weighted by atomic mass is 10.0. The Morgan fingerprint density at radius 2 is 1.35 bits per heavy atom. The van der Waals surface area contributed by atoms with Crippen molar-refractivity contribution in [1.82, 2.24) is 4.57 Å². The zero-order valence-corrected chi connectivity index (χ0v) is 18.7. The number of rotatable bonds is 10. The fraction of sp³-hybridized carbons (Fsp3) is 0.179. The molecule has 1 unspecified atom stereocenters. The van der Waals surface area contributed by atoms with Crippen LogP contribution in [0.15, 0.2) is 102 Å². The molecule has 1 heterocycles. The van der Waals surface area contributed by atoms with Crippen LogP contribution in [0, 0.1) is 0 Å². The van der Waals surface area contributed by atoms with E-state index in [1.165, 1.54) is 6.07 Å². The first-order valence-electron chi connectivity index (χ1n) is 11.1. The maximum absolute atomic E-state index is 12.8. The molecule has 2 N–H and O–H groups in total. The van der Waals surface area contributed by atoms with Gasteiger partial charge in [-0.15, -0.1) is 0 Å². The van der Waals surface area contributed by atoms with Crippen LogP contribution in [-0.2, 0) is 19.8 Å². The van der Waals surface area contributed by atoms with Gasteiger partial charge in [-0.25, -0.2) is 0 Å². The molecule has 3 aromatic carbocycles. The van der Waals surface area contributed by atoms with Crippen LogP contribution in [0.2, 0.25) is 0 Å². The third kappa shape index (κ3) is 5.54. The molecule has 34 heavy (non-hydrogen) atoms. The first-order chi connectivity index (χ1) is 16.7. The molecule has 0 aliphatic heterocycles. The Kier molecular flexibility index (Phi) is 7.75. The van der Waals surface area contributed by atoms with Gasteiger partial charge in [0.15, 0.2) is 5.75 Å². The van der Waals surface area contributed by atoms with E-state index < -0.39 is 6.10 Å². The standard InChI is InChI=1S/C28H27NO5/c30-18-17-29-16-15-24(31)28(34-20-22-11-5-2-6-12-22)26(29)27(32)23-13-7-8-14-25(23)33-19-21-9-3-1-4-10-21/h1-16,27,30,32H,17-20H2. The van der Waals surface area contributed by atoms with E-state index in [0.29, 0.717) is 17.9 Å². The third-order valence-electron chi connectivity index (χ3n) is 5.45. The predicted octanol–water partition coefficient (Wildman–Crippen LogP) is 4.08. The molecule has 0 saturated heterocycles. The zero-order valence-electron chi connectivity index (χ0n) is 18.7. The summed E-state index contributed by atoms with van der Waals surface area (Å²) in [6.07, 6.45) is 0.345. The summed E-state index contributed by atoms with van der Waals surface area (Å²) in [5, 5.41) is 21.1. The minimum absolute atomic E-state index is 0.0464. The fourth-order valence-corrected chi connectivity index (χ4v) is 3.75. The first kappa shape index (κ1) is 23.3. The number of nitrogens with zero attached hydrogens (tertiary/aromatic N) is 1. The number of hydrogen-bond acceptors (Lipinski definition) is 5. The number of pyridine rings is 1. The molecular weight excluding hydrogens is 430 g/mol. The van der Waals surface area contributed by atoms with Gasteiger partial charge in [-0.2, -0.15) is 0 Å². The van der Waals surface area contributed by atoms with E-state index in [0.717, 1.165) is 11.1 Å². The van der Waals surface area contributed by atoms with Gasteiger partial charge in [0.1, 0.15) is 25.1 Å². The molecule has 0 amide bonds. The van der Waals surface area contributed by atoms with Crippen molar-refractivity contribution in [2.75, 3.05) is 6.61 Å². The van der Waals surface area contributed by atoms with E-state index in [1.54, 1.807) is 29.0 Å². The van der Waals surface area contributed by atoms with Crippen molar-refractivity contribution in [3.8, 4) is 11.5 Å². The smallest absolute Gasteiger partial charge is 0.223 e. The predicted molar refractivity (Wildman–Crippen MR) is 130 cm³/mol. The van der Waals surface area contributed by atoms with Crippen LogP contribution in [0.4, 0.5) is 0 Å². The third-order valence-corrected chi connectivity index (χ3v) is 5.45. The van der Waals surface area contributed by atoms with Crippen molar-refractivity contribution in [3.63, 3.8) is 0 Å². The highest BCUT2D eigenvalue weighted by atomic mass is 16.5. The Balaban J connectivity index is 1.68. The van der Waals surface area contributed by atoms with Gasteiger partial charge in [-0.1, -0.05) is 78.9 Å². The topological polar surface area (TPSA) is 80.9 Å². The van der Waals surface area contributed by atoms with E-state index in [-0.39, 0.29) is 36.6 Å². The van der Waals surface area contributed by atoms with Crippen molar-refractivity contribution in [1.29, 1.82) is 0 Å². The SMILES string of the molecule is O=c1ccn(CCO)c(C(O)c2ccccc2OCc2ccccc2)c1OCc1ccccc1. The number of benzene rings is 3. The summed E-state index contributed by atoms with van der Waals surface area (Å²) < 4.78 is 13.6. The van der Waals surface area contributed by atoms with Gasteiger partial charge in [-0.05, 0) is 17.2 Å². The van der Waals surface area contributed by atoms with Gasteiger partial charge in [0.2, 0.25) is 5.43 Å². The molecule has 0 aliphatic carbocycles. The highest BCUT2D eigenvalue weighted by molar-refractivity contribution is 5.43. The fourth-order valence-electron chi connectivity index (χ4n) is 3.75. The number of aliphatic hydroxyl groups excluding tert-OH is 2. The average molecular weight is 458 g/mol. The van der Waals surface area contributed by atoms with Crippen LogP contribution < -0.4 is 14.9 Å².